The van der Waals surface area contributed by atoms with Crippen molar-refractivity contribution in [2.24, 2.45) is 5.92 Å². The van der Waals surface area contributed by atoms with Gasteiger partial charge in [-0.15, -0.1) is 0 Å². The number of hydrogen-bond donors (Lipinski definition) is 3. The molecule has 0 aliphatic heterocycles. The number of carboxylic acids is 1. The van der Waals surface area contributed by atoms with E-state index >= 15 is 0 Å². The summed E-state index contributed by atoms with van der Waals surface area (Å²) in [5, 5.41) is 15.5. The van der Waals surface area contributed by atoms with E-state index in [1.54, 1.807) is 44.4 Å². The van der Waals surface area contributed by atoms with E-state index in [2.05, 4.69) is 10.6 Å². The molecule has 8 heteroatoms. The normalized spacial score (nSPS) is 14.4. The highest BCUT2D eigenvalue weighted by Gasteiger charge is 2.44. The number of rotatable bonds is 14. The average Bonchev–Trinajstić information content (AvgIpc) is 3.03. The Morgan fingerprint density at radius 3 is 1.72 bits per heavy atom. The van der Waals surface area contributed by atoms with Crippen LogP contribution in [0.4, 0.5) is 0 Å². The van der Waals surface area contributed by atoms with Crippen LogP contribution in [0.5, 0.6) is 0 Å². The molecule has 0 heterocycles. The summed E-state index contributed by atoms with van der Waals surface area (Å²) in [4.78, 5) is 55.1. The number of amides is 2. The fourth-order valence-electron chi connectivity index (χ4n) is 6.38. The molecule has 3 N–H and O–H groups in total. The molecule has 0 aliphatic carbocycles. The Kier molecular flexibility index (Phi) is 12.2. The quantitative estimate of drug-likeness (QED) is 0.152. The van der Waals surface area contributed by atoms with Gasteiger partial charge in [0, 0.05) is 33.6 Å². The van der Waals surface area contributed by atoms with Crippen molar-refractivity contribution in [1.29, 1.82) is 0 Å². The molecule has 0 bridgehead atoms. The van der Waals surface area contributed by atoms with Crippen LogP contribution < -0.4 is 10.6 Å². The number of nitrogens with zero attached hydrogens (tertiary/aromatic N) is 1. The number of likely N-dealkylation sites (N-methyl/N-ethyl adjacent to an activating group) is 2. The van der Waals surface area contributed by atoms with Gasteiger partial charge in [0.15, 0.2) is 5.78 Å². The van der Waals surface area contributed by atoms with Crippen molar-refractivity contribution in [3.8, 4) is 0 Å². The van der Waals surface area contributed by atoms with E-state index < -0.39 is 46.7 Å². The van der Waals surface area contributed by atoms with Gasteiger partial charge in [0.05, 0.1) is 12.1 Å². The lowest BCUT2D eigenvalue weighted by atomic mass is 9.75. The van der Waals surface area contributed by atoms with Gasteiger partial charge in [0.2, 0.25) is 11.8 Å². The molecule has 250 valence electrons. The lowest BCUT2D eigenvalue weighted by Crippen LogP contribution is -2.62. The molecular weight excluding hydrogens is 590 g/mol. The summed E-state index contributed by atoms with van der Waals surface area (Å²) in [7, 11) is 3.48. The highest BCUT2D eigenvalue weighted by molar-refractivity contribution is 6.09. The van der Waals surface area contributed by atoms with Gasteiger partial charge in [-0.25, -0.2) is 4.79 Å². The highest BCUT2D eigenvalue weighted by Crippen LogP contribution is 2.34. The summed E-state index contributed by atoms with van der Waals surface area (Å²) in [6, 6.07) is 23.7. The van der Waals surface area contributed by atoms with Gasteiger partial charge in [-0.2, -0.15) is 0 Å². The number of benzene rings is 3. The molecule has 0 unspecified atom stereocenters. The van der Waals surface area contributed by atoms with Gasteiger partial charge in [-0.05, 0) is 38.1 Å². The maximum atomic E-state index is 14.4. The summed E-state index contributed by atoms with van der Waals surface area (Å²) in [6.45, 7) is 13.2. The first-order valence-electron chi connectivity index (χ1n) is 15.9. The highest BCUT2D eigenvalue weighted by atomic mass is 16.4. The SMILES string of the molecule is CN[C@H](C(=O)NC(=O)[C@@H](N(C)[C@H](C=C(C)C(=O)O)C(C)C)C(C)(C)c1ccc(C(=O)c2ccccc2)cc1)C(C)(C)c1ccccc1. The fraction of sp³-hybridized carbons (Fsp3) is 0.385. The van der Waals surface area contributed by atoms with Crippen LogP contribution in [-0.4, -0.2) is 65.8 Å². The molecule has 0 radical (unpaired) electrons. The molecule has 3 atom stereocenters. The molecular formula is C39H49N3O5. The maximum absolute atomic E-state index is 14.4. The number of carbonyl (C=O) groups excluding carboxylic acids is 3. The predicted molar refractivity (Wildman–Crippen MR) is 186 cm³/mol. The molecule has 0 saturated heterocycles. The third kappa shape index (κ3) is 8.50. The van der Waals surface area contributed by atoms with Gasteiger partial charge in [0.1, 0.15) is 0 Å². The van der Waals surface area contributed by atoms with Crippen LogP contribution in [0.2, 0.25) is 0 Å². The number of aliphatic carboxylic acids is 1. The molecule has 0 saturated carbocycles. The van der Waals surface area contributed by atoms with Gasteiger partial charge in [0.25, 0.3) is 0 Å². The van der Waals surface area contributed by atoms with Crippen LogP contribution in [-0.2, 0) is 25.2 Å². The van der Waals surface area contributed by atoms with Gasteiger partial charge < -0.3 is 10.4 Å². The summed E-state index contributed by atoms with van der Waals surface area (Å²) in [5.41, 5.74) is 1.42. The Hall–Kier alpha value is -4.40. The van der Waals surface area contributed by atoms with Crippen molar-refractivity contribution in [3.63, 3.8) is 0 Å². The average molecular weight is 640 g/mol. The Labute approximate surface area is 279 Å². The summed E-state index contributed by atoms with van der Waals surface area (Å²) in [5.74, 6) is -2.20. The van der Waals surface area contributed by atoms with Crippen LogP contribution in [0.1, 0.15) is 75.5 Å². The Morgan fingerprint density at radius 2 is 1.23 bits per heavy atom. The van der Waals surface area contributed by atoms with E-state index in [-0.39, 0.29) is 17.3 Å². The number of hydrogen-bond acceptors (Lipinski definition) is 6. The molecule has 3 aromatic carbocycles. The third-order valence-electron chi connectivity index (χ3n) is 9.21. The van der Waals surface area contributed by atoms with Gasteiger partial charge in [-0.3, -0.25) is 24.6 Å². The molecule has 3 rings (SSSR count). The largest absolute Gasteiger partial charge is 0.478 e. The zero-order valence-corrected chi connectivity index (χ0v) is 29.0. The molecule has 0 aliphatic rings. The number of ketones is 1. The second kappa shape index (κ2) is 15.5. The molecule has 3 aromatic rings. The molecule has 47 heavy (non-hydrogen) atoms. The third-order valence-corrected chi connectivity index (χ3v) is 9.21. The Bertz CT molecular complexity index is 1580. The first kappa shape index (κ1) is 37.1. The van der Waals surface area contributed by atoms with Crippen molar-refractivity contribution >= 4 is 23.6 Å². The number of nitrogens with one attached hydrogen (secondary N) is 2. The van der Waals surface area contributed by atoms with E-state index in [9.17, 15) is 24.3 Å². The number of carbonyl (C=O) groups is 4. The number of imide groups is 1. The van der Waals surface area contributed by atoms with Gasteiger partial charge in [-0.1, -0.05) is 133 Å². The second-order valence-corrected chi connectivity index (χ2v) is 13.6. The molecule has 2 amide bonds. The van der Waals surface area contributed by atoms with E-state index in [0.717, 1.165) is 11.1 Å². The molecule has 0 aromatic heterocycles. The van der Waals surface area contributed by atoms with Crippen molar-refractivity contribution in [2.45, 2.75) is 77.4 Å². The predicted octanol–water partition coefficient (Wildman–Crippen LogP) is 5.76. The Balaban J connectivity index is 2.05. The minimum Gasteiger partial charge on any atom is -0.478 e. The monoisotopic (exact) mass is 639 g/mol. The minimum atomic E-state index is -1.04. The fourth-order valence-corrected chi connectivity index (χ4v) is 6.38. The molecule has 0 spiro atoms. The molecule has 8 nitrogen and oxygen atoms in total. The zero-order chi connectivity index (χ0) is 35.1. The minimum absolute atomic E-state index is 0.0657. The van der Waals surface area contributed by atoms with E-state index in [0.29, 0.717) is 11.1 Å². The van der Waals surface area contributed by atoms with Crippen LogP contribution in [0, 0.1) is 5.92 Å². The first-order valence-corrected chi connectivity index (χ1v) is 15.9. The van der Waals surface area contributed by atoms with Crippen LogP contribution >= 0.6 is 0 Å². The Morgan fingerprint density at radius 1 is 0.745 bits per heavy atom. The number of carboxylic acid groups (broad SMARTS) is 1. The summed E-state index contributed by atoms with van der Waals surface area (Å²) in [6.07, 6.45) is 1.65. The first-order chi connectivity index (χ1) is 22.0. The van der Waals surface area contributed by atoms with Crippen molar-refractivity contribution in [2.75, 3.05) is 14.1 Å². The zero-order valence-electron chi connectivity index (χ0n) is 29.0. The second-order valence-electron chi connectivity index (χ2n) is 13.6. The van der Waals surface area contributed by atoms with E-state index in [4.69, 9.17) is 0 Å². The van der Waals surface area contributed by atoms with Crippen molar-refractivity contribution < 1.29 is 24.3 Å². The van der Waals surface area contributed by atoms with E-state index in [1.165, 1.54) is 6.92 Å². The standard InChI is InChI=1S/C39H49N3O5/c1-25(2)31(24-26(3)37(46)47)42(9)34(36(45)41-35(44)33(40-8)38(4,5)29-18-14-11-15-19-29)39(6,7)30-22-20-28(21-23-30)32(43)27-16-12-10-13-17-27/h10-25,31,33-34,40H,1-9H3,(H,46,47)(H,41,44,45)/t31-,33-,34-/m1/s1. The van der Waals surface area contributed by atoms with Crippen molar-refractivity contribution in [1.82, 2.24) is 15.5 Å². The topological polar surface area (TPSA) is 116 Å². The van der Waals surface area contributed by atoms with Crippen molar-refractivity contribution in [3.05, 3.63) is 119 Å². The van der Waals surface area contributed by atoms with Crippen LogP contribution in [0.25, 0.3) is 0 Å². The lowest BCUT2D eigenvalue weighted by molar-refractivity contribution is -0.137. The van der Waals surface area contributed by atoms with E-state index in [1.807, 2.05) is 107 Å². The summed E-state index contributed by atoms with van der Waals surface area (Å²) >= 11 is 0. The summed E-state index contributed by atoms with van der Waals surface area (Å²) < 4.78 is 0. The smallest absolute Gasteiger partial charge is 0.331 e. The lowest BCUT2D eigenvalue weighted by Gasteiger charge is -2.44. The van der Waals surface area contributed by atoms with Crippen LogP contribution in [0.3, 0.4) is 0 Å². The maximum Gasteiger partial charge on any atom is 0.331 e. The van der Waals surface area contributed by atoms with Crippen LogP contribution in [0.15, 0.2) is 96.6 Å². The van der Waals surface area contributed by atoms with Gasteiger partial charge >= 0.3 is 5.97 Å². The molecule has 0 fully saturated rings.